The van der Waals surface area contributed by atoms with Gasteiger partial charge >= 0.3 is 0 Å². The molecular formula is C22H23N3O2S. The second-order valence-electron chi connectivity index (χ2n) is 6.57. The van der Waals surface area contributed by atoms with E-state index in [9.17, 15) is 9.59 Å². The average Bonchev–Trinajstić information content (AvgIpc) is 3.13. The second kappa shape index (κ2) is 9.28. The number of nitrogens with one attached hydrogen (secondary N) is 2. The summed E-state index contributed by atoms with van der Waals surface area (Å²) in [5.74, 6) is -0.216. The molecular weight excluding hydrogens is 370 g/mol. The molecule has 1 atom stereocenters. The van der Waals surface area contributed by atoms with Gasteiger partial charge in [-0.3, -0.25) is 9.59 Å². The Morgan fingerprint density at radius 2 is 2.00 bits per heavy atom. The molecule has 28 heavy (non-hydrogen) atoms. The van der Waals surface area contributed by atoms with E-state index < -0.39 is 0 Å². The maximum absolute atomic E-state index is 12.1. The fraction of sp³-hybridized carbons (Fsp3) is 0.227. The quantitative estimate of drug-likeness (QED) is 0.576. The third-order valence-corrected chi connectivity index (χ3v) is 5.41. The van der Waals surface area contributed by atoms with Crippen LogP contribution in [0.25, 0.3) is 16.3 Å². The summed E-state index contributed by atoms with van der Waals surface area (Å²) < 4.78 is 1.10. The van der Waals surface area contributed by atoms with Crippen LogP contribution in [0, 0.1) is 5.92 Å². The van der Waals surface area contributed by atoms with Gasteiger partial charge in [-0.25, -0.2) is 4.98 Å². The van der Waals surface area contributed by atoms with E-state index in [1.54, 1.807) is 17.4 Å². The number of fused-ring (bicyclic) bond motifs is 1. The van der Waals surface area contributed by atoms with E-state index in [4.69, 9.17) is 0 Å². The Morgan fingerprint density at radius 3 is 2.79 bits per heavy atom. The zero-order chi connectivity index (χ0) is 19.9. The molecule has 0 aliphatic carbocycles. The highest BCUT2D eigenvalue weighted by molar-refractivity contribution is 7.19. The Kier molecular flexibility index (Phi) is 6.55. The van der Waals surface area contributed by atoms with Crippen LogP contribution >= 0.6 is 11.3 Å². The van der Waals surface area contributed by atoms with Crippen molar-refractivity contribution in [3.63, 3.8) is 0 Å². The Morgan fingerprint density at radius 1 is 1.18 bits per heavy atom. The van der Waals surface area contributed by atoms with Crippen molar-refractivity contribution in [1.82, 2.24) is 10.3 Å². The van der Waals surface area contributed by atoms with Gasteiger partial charge < -0.3 is 10.6 Å². The number of carbonyl (C=O) groups excluding carboxylic acids is 2. The number of carbonyl (C=O) groups is 2. The molecule has 0 saturated heterocycles. The van der Waals surface area contributed by atoms with E-state index in [0.717, 1.165) is 32.9 Å². The standard InChI is InChI=1S/C22H23N3O2S/c1-3-15(2)22(27)24-17-8-6-7-16(13-17)14-23-20(26)11-12-21-25-18-9-4-5-10-19(18)28-21/h4-13,15H,3,14H2,1-2H3,(H,23,26)(H,24,27). The van der Waals surface area contributed by atoms with Crippen molar-refractivity contribution in [2.75, 3.05) is 5.32 Å². The predicted molar refractivity (Wildman–Crippen MR) is 115 cm³/mol. The van der Waals surface area contributed by atoms with E-state index >= 15 is 0 Å². The molecule has 0 aliphatic rings. The zero-order valence-corrected chi connectivity index (χ0v) is 16.8. The maximum Gasteiger partial charge on any atom is 0.244 e. The molecule has 1 unspecified atom stereocenters. The van der Waals surface area contributed by atoms with Crippen molar-refractivity contribution in [1.29, 1.82) is 0 Å². The first-order chi connectivity index (χ1) is 13.5. The lowest BCUT2D eigenvalue weighted by Crippen LogP contribution is -2.21. The van der Waals surface area contributed by atoms with Gasteiger partial charge in [0.1, 0.15) is 5.01 Å². The molecule has 0 aliphatic heterocycles. The van der Waals surface area contributed by atoms with E-state index in [-0.39, 0.29) is 17.7 Å². The molecule has 2 amide bonds. The van der Waals surface area contributed by atoms with Crippen LogP contribution in [0.15, 0.2) is 54.6 Å². The number of rotatable bonds is 7. The first-order valence-corrected chi connectivity index (χ1v) is 10.1. The minimum atomic E-state index is -0.187. The van der Waals surface area contributed by atoms with Crippen LogP contribution in [0.5, 0.6) is 0 Å². The first-order valence-electron chi connectivity index (χ1n) is 9.26. The fourth-order valence-corrected chi connectivity index (χ4v) is 3.44. The number of nitrogens with zero attached hydrogens (tertiary/aromatic N) is 1. The van der Waals surface area contributed by atoms with Crippen LogP contribution in [0.1, 0.15) is 30.8 Å². The molecule has 0 saturated carbocycles. The molecule has 0 bridgehead atoms. The Hall–Kier alpha value is -2.99. The Balaban J connectivity index is 1.55. The van der Waals surface area contributed by atoms with E-state index in [1.165, 1.54) is 6.08 Å². The van der Waals surface area contributed by atoms with E-state index in [0.29, 0.717) is 6.54 Å². The first kappa shape index (κ1) is 19.8. The summed E-state index contributed by atoms with van der Waals surface area (Å²) in [6.45, 7) is 4.27. The number of benzene rings is 2. The maximum atomic E-state index is 12.1. The Bertz CT molecular complexity index is 977. The van der Waals surface area contributed by atoms with Gasteiger partial charge in [0.2, 0.25) is 11.8 Å². The minimum Gasteiger partial charge on any atom is -0.348 e. The lowest BCUT2D eigenvalue weighted by Gasteiger charge is -2.11. The monoisotopic (exact) mass is 393 g/mol. The summed E-state index contributed by atoms with van der Waals surface area (Å²) in [5, 5.41) is 6.56. The highest BCUT2D eigenvalue weighted by Gasteiger charge is 2.10. The molecule has 1 aromatic heterocycles. The van der Waals surface area contributed by atoms with Crippen molar-refractivity contribution < 1.29 is 9.59 Å². The number of aromatic nitrogens is 1. The number of anilines is 1. The lowest BCUT2D eigenvalue weighted by molar-refractivity contribution is -0.119. The molecule has 0 fully saturated rings. The summed E-state index contributed by atoms with van der Waals surface area (Å²) >= 11 is 1.55. The molecule has 3 rings (SSSR count). The van der Waals surface area contributed by atoms with Gasteiger partial charge in [-0.05, 0) is 42.3 Å². The summed E-state index contributed by atoms with van der Waals surface area (Å²) in [7, 11) is 0. The largest absolute Gasteiger partial charge is 0.348 e. The van der Waals surface area contributed by atoms with Gasteiger partial charge in [0.15, 0.2) is 0 Å². The molecule has 0 radical (unpaired) electrons. The summed E-state index contributed by atoms with van der Waals surface area (Å²) in [4.78, 5) is 28.6. The molecule has 5 nitrogen and oxygen atoms in total. The Labute approximate surface area is 168 Å². The smallest absolute Gasteiger partial charge is 0.244 e. The highest BCUT2D eigenvalue weighted by Crippen LogP contribution is 2.22. The van der Waals surface area contributed by atoms with Crippen LogP contribution in [-0.2, 0) is 16.1 Å². The number of hydrogen-bond acceptors (Lipinski definition) is 4. The van der Waals surface area contributed by atoms with Crippen LogP contribution in [0.2, 0.25) is 0 Å². The van der Waals surface area contributed by atoms with Crippen LogP contribution in [0.4, 0.5) is 5.69 Å². The normalized spacial score (nSPS) is 12.2. The van der Waals surface area contributed by atoms with Crippen molar-refractivity contribution >= 4 is 45.1 Å². The summed E-state index contributed by atoms with van der Waals surface area (Å²) in [6.07, 6.45) is 4.01. The topological polar surface area (TPSA) is 71.1 Å². The van der Waals surface area contributed by atoms with Crippen molar-refractivity contribution in [3.05, 3.63) is 65.2 Å². The van der Waals surface area contributed by atoms with Gasteiger partial charge in [0.05, 0.1) is 10.2 Å². The molecule has 1 heterocycles. The molecule has 3 aromatic rings. The highest BCUT2D eigenvalue weighted by atomic mass is 32.1. The summed E-state index contributed by atoms with van der Waals surface area (Å²) in [6, 6.07) is 15.4. The van der Waals surface area contributed by atoms with Gasteiger partial charge in [-0.15, -0.1) is 11.3 Å². The van der Waals surface area contributed by atoms with Crippen LogP contribution in [0.3, 0.4) is 0 Å². The van der Waals surface area contributed by atoms with E-state index in [1.807, 2.05) is 62.4 Å². The fourth-order valence-electron chi connectivity index (χ4n) is 2.57. The van der Waals surface area contributed by atoms with Gasteiger partial charge in [0, 0.05) is 24.2 Å². The third kappa shape index (κ3) is 5.27. The molecule has 2 aromatic carbocycles. The third-order valence-electron chi connectivity index (χ3n) is 4.41. The SMILES string of the molecule is CCC(C)C(=O)Nc1cccc(CNC(=O)C=Cc2nc3ccccc3s2)c1. The zero-order valence-electron chi connectivity index (χ0n) is 15.9. The van der Waals surface area contributed by atoms with Gasteiger partial charge in [-0.2, -0.15) is 0 Å². The van der Waals surface area contributed by atoms with Crippen molar-refractivity contribution in [3.8, 4) is 0 Å². The van der Waals surface area contributed by atoms with Crippen molar-refractivity contribution in [2.24, 2.45) is 5.92 Å². The molecule has 0 spiro atoms. The molecule has 144 valence electrons. The molecule has 2 N–H and O–H groups in total. The lowest BCUT2D eigenvalue weighted by atomic mass is 10.1. The minimum absolute atomic E-state index is 0.00227. The second-order valence-corrected chi connectivity index (χ2v) is 7.63. The van der Waals surface area contributed by atoms with E-state index in [2.05, 4.69) is 15.6 Å². The van der Waals surface area contributed by atoms with Crippen LogP contribution in [-0.4, -0.2) is 16.8 Å². The van der Waals surface area contributed by atoms with Gasteiger partial charge in [-0.1, -0.05) is 38.1 Å². The summed E-state index contributed by atoms with van der Waals surface area (Å²) in [5.41, 5.74) is 2.59. The number of thiazole rings is 1. The van der Waals surface area contributed by atoms with Gasteiger partial charge in [0.25, 0.3) is 0 Å². The number of amides is 2. The average molecular weight is 394 g/mol. The van der Waals surface area contributed by atoms with Crippen molar-refractivity contribution in [2.45, 2.75) is 26.8 Å². The number of hydrogen-bond donors (Lipinski definition) is 2. The molecule has 6 heteroatoms. The van der Waals surface area contributed by atoms with Crippen LogP contribution < -0.4 is 10.6 Å². The predicted octanol–water partition coefficient (Wildman–Crippen LogP) is 4.61. The number of para-hydroxylation sites is 1.